The lowest BCUT2D eigenvalue weighted by atomic mass is 9.92. The summed E-state index contributed by atoms with van der Waals surface area (Å²) in [6, 6.07) is 59.8. The minimum absolute atomic E-state index is 0.0276. The third-order valence-electron chi connectivity index (χ3n) is 12.1. The lowest BCUT2D eigenvalue weighted by Gasteiger charge is -2.42. The summed E-state index contributed by atoms with van der Waals surface area (Å²) in [5, 5.41) is 19.7. The Kier molecular flexibility index (Phi) is 7.81. The molecule has 0 radical (unpaired) electrons. The zero-order chi connectivity index (χ0) is 37.5. The zero-order valence-electron chi connectivity index (χ0n) is 31.0. The molecule has 7 aromatic carbocycles. The van der Waals surface area contributed by atoms with Crippen LogP contribution in [0.1, 0.15) is 29.9 Å². The van der Waals surface area contributed by atoms with Gasteiger partial charge in [0, 0.05) is 51.5 Å². The first-order valence-corrected chi connectivity index (χ1v) is 21.4. The predicted molar refractivity (Wildman–Crippen MR) is 242 cm³/mol. The fourth-order valence-corrected chi connectivity index (χ4v) is 11.9. The van der Waals surface area contributed by atoms with Gasteiger partial charge in [0.25, 0.3) is 0 Å². The standard InChI is InChI=1S/C51H38N4S2/c1-3-14-31(15-4-1)49-52-50(32-16-5-2-6-17-32)54-51(53-49)33-28-29-38-45(30-33)57-42-25-11-20-36(46(38)42)37-21-12-26-43-47(37)48-41(24-13-27-44(48)56-43)55-39-22-9-7-18-34(39)35-19-8-10-23-40(35)55/h1-27,29-30,33,49-54H,28H2. The number of fused-ring (bicyclic) bond motifs is 9. The van der Waals surface area contributed by atoms with Crippen LogP contribution in [0.3, 0.4) is 0 Å². The number of thiophene rings is 2. The molecule has 1 saturated heterocycles. The largest absolute Gasteiger partial charge is 0.309 e. The Morgan fingerprint density at radius 2 is 1.02 bits per heavy atom. The predicted octanol–water partition coefficient (Wildman–Crippen LogP) is 11.1. The Labute approximate surface area is 338 Å². The highest BCUT2D eigenvalue weighted by atomic mass is 32.1. The average Bonchev–Trinajstić information content (AvgIpc) is 3.96. The number of nitrogens with zero attached hydrogens (tertiary/aromatic N) is 1. The van der Waals surface area contributed by atoms with Crippen LogP contribution in [0.25, 0.3) is 81.0 Å². The summed E-state index contributed by atoms with van der Waals surface area (Å²) >= 11 is 3.82. The number of nitrogens with one attached hydrogen (secondary N) is 3. The second kappa shape index (κ2) is 13.4. The van der Waals surface area contributed by atoms with Crippen LogP contribution in [-0.2, 0) is 0 Å². The van der Waals surface area contributed by atoms with Gasteiger partial charge in [-0.1, -0.05) is 140 Å². The van der Waals surface area contributed by atoms with E-state index in [2.05, 4.69) is 196 Å². The number of aromatic nitrogens is 1. The van der Waals surface area contributed by atoms with Gasteiger partial charge in [0.2, 0.25) is 0 Å². The first kappa shape index (κ1) is 33.3. The maximum atomic E-state index is 3.94. The number of rotatable bonds is 5. The van der Waals surface area contributed by atoms with Gasteiger partial charge in [-0.15, -0.1) is 22.7 Å². The molecule has 1 fully saturated rings. The second-order valence-electron chi connectivity index (χ2n) is 15.3. The molecule has 6 heteroatoms. The van der Waals surface area contributed by atoms with Gasteiger partial charge in [-0.25, -0.2) is 0 Å². The molecule has 12 rings (SSSR count). The smallest absolute Gasteiger partial charge is 0.0862 e. The van der Waals surface area contributed by atoms with Gasteiger partial charge < -0.3 is 4.57 Å². The topological polar surface area (TPSA) is 41.0 Å². The van der Waals surface area contributed by atoms with Gasteiger partial charge in [-0.2, -0.15) is 0 Å². The molecular formula is C51H38N4S2. The highest BCUT2D eigenvalue weighted by Crippen LogP contribution is 2.45. The molecule has 10 aromatic rings. The molecule has 3 atom stereocenters. The molecule has 0 spiro atoms. The molecule has 274 valence electrons. The van der Waals surface area contributed by atoms with Gasteiger partial charge in [-0.05, 0) is 70.3 Å². The number of para-hydroxylation sites is 2. The summed E-state index contributed by atoms with van der Waals surface area (Å²) in [6.45, 7) is 0. The van der Waals surface area contributed by atoms with E-state index in [4.69, 9.17) is 0 Å². The van der Waals surface area contributed by atoms with Crippen molar-refractivity contribution in [1.82, 2.24) is 20.5 Å². The van der Waals surface area contributed by atoms with Gasteiger partial charge in [0.05, 0.1) is 35.2 Å². The van der Waals surface area contributed by atoms with Crippen LogP contribution in [0.2, 0.25) is 0 Å². The van der Waals surface area contributed by atoms with Crippen LogP contribution >= 0.6 is 22.7 Å². The molecule has 1 aliphatic heterocycles. The fraction of sp³-hybridized carbons (Fsp3) is 0.0980. The fourth-order valence-electron chi connectivity index (χ4n) is 9.52. The Balaban J connectivity index is 1.01. The van der Waals surface area contributed by atoms with Gasteiger partial charge in [-0.3, -0.25) is 16.0 Å². The van der Waals surface area contributed by atoms with Crippen LogP contribution < -0.4 is 25.7 Å². The third-order valence-corrected chi connectivity index (χ3v) is 14.3. The number of hydrogen-bond acceptors (Lipinski definition) is 5. The lowest BCUT2D eigenvalue weighted by molar-refractivity contribution is 0.176. The lowest BCUT2D eigenvalue weighted by Crippen LogP contribution is -2.61. The first-order valence-electron chi connectivity index (χ1n) is 19.8. The Morgan fingerprint density at radius 1 is 0.474 bits per heavy atom. The van der Waals surface area contributed by atoms with Crippen molar-refractivity contribution in [3.63, 3.8) is 0 Å². The maximum Gasteiger partial charge on any atom is 0.0862 e. The second-order valence-corrected chi connectivity index (χ2v) is 17.5. The van der Waals surface area contributed by atoms with E-state index in [0.29, 0.717) is 0 Å². The van der Waals surface area contributed by atoms with E-state index in [9.17, 15) is 0 Å². The van der Waals surface area contributed by atoms with Crippen molar-refractivity contribution in [1.29, 1.82) is 0 Å². The van der Waals surface area contributed by atoms with Gasteiger partial charge >= 0.3 is 0 Å². The molecule has 0 bridgehead atoms. The maximum absolute atomic E-state index is 3.94. The van der Waals surface area contributed by atoms with Crippen LogP contribution in [0.5, 0.6) is 0 Å². The highest BCUT2D eigenvalue weighted by molar-refractivity contribution is 7.26. The summed E-state index contributed by atoms with van der Waals surface area (Å²) in [6.07, 6.45) is 6.13. The third kappa shape index (κ3) is 5.37. The normalized spacial score (nSPS) is 19.6. The van der Waals surface area contributed by atoms with Crippen LogP contribution in [-0.4, -0.2) is 10.7 Å². The molecular weight excluding hydrogens is 733 g/mol. The molecule has 0 amide bonds. The van der Waals surface area contributed by atoms with Crippen molar-refractivity contribution in [3.05, 3.63) is 185 Å². The Morgan fingerprint density at radius 3 is 1.67 bits per heavy atom. The first-order chi connectivity index (χ1) is 28.3. The van der Waals surface area contributed by atoms with E-state index in [1.807, 2.05) is 22.7 Å². The molecule has 3 unspecified atom stereocenters. The van der Waals surface area contributed by atoms with E-state index >= 15 is 0 Å². The van der Waals surface area contributed by atoms with Crippen LogP contribution in [0.4, 0.5) is 0 Å². The van der Waals surface area contributed by atoms with Crippen LogP contribution in [0.15, 0.2) is 164 Å². The van der Waals surface area contributed by atoms with Crippen molar-refractivity contribution < 1.29 is 0 Å². The van der Waals surface area contributed by atoms with Crippen molar-refractivity contribution in [3.8, 4) is 16.8 Å². The monoisotopic (exact) mass is 770 g/mol. The molecule has 3 N–H and O–H groups in total. The molecule has 4 heterocycles. The summed E-state index contributed by atoms with van der Waals surface area (Å²) in [7, 11) is 0. The van der Waals surface area contributed by atoms with E-state index < -0.39 is 0 Å². The van der Waals surface area contributed by atoms with Gasteiger partial charge in [0.15, 0.2) is 0 Å². The minimum Gasteiger partial charge on any atom is -0.309 e. The van der Waals surface area contributed by atoms with Crippen molar-refractivity contribution in [2.24, 2.45) is 5.92 Å². The quantitative estimate of drug-likeness (QED) is 0.163. The number of hydrogen-bond donors (Lipinski definition) is 3. The summed E-state index contributed by atoms with van der Waals surface area (Å²) in [4.78, 5) is 0. The van der Waals surface area contributed by atoms with E-state index in [-0.39, 0.29) is 24.4 Å². The molecule has 4 nitrogen and oxygen atoms in total. The highest BCUT2D eigenvalue weighted by Gasteiger charge is 2.33. The molecule has 0 saturated carbocycles. The minimum atomic E-state index is 0.0276. The van der Waals surface area contributed by atoms with E-state index in [1.54, 1.807) is 0 Å². The van der Waals surface area contributed by atoms with E-state index in [1.165, 1.54) is 89.8 Å². The summed E-state index contributed by atoms with van der Waals surface area (Å²) in [5.41, 5.74) is 8.80. The van der Waals surface area contributed by atoms with Crippen molar-refractivity contribution >= 4 is 86.9 Å². The van der Waals surface area contributed by atoms with Crippen LogP contribution in [0, 0.1) is 5.92 Å². The molecule has 2 aliphatic rings. The summed E-state index contributed by atoms with van der Waals surface area (Å²) < 4.78 is 7.80. The SMILES string of the molecule is C1=c2sc3cccc(-c4cccc5sc6cccc(-n7c8ccccc8c8ccccc87)c6c45)c3c2=CCC1C1NC(c2ccccc2)NC(c2ccccc2)N1. The molecule has 3 aromatic heterocycles. The van der Waals surface area contributed by atoms with Gasteiger partial charge in [0.1, 0.15) is 0 Å². The molecule has 1 aliphatic carbocycles. The van der Waals surface area contributed by atoms with Crippen molar-refractivity contribution in [2.75, 3.05) is 0 Å². The Hall–Kier alpha value is -5.86. The zero-order valence-corrected chi connectivity index (χ0v) is 32.7. The van der Waals surface area contributed by atoms with Crippen molar-refractivity contribution in [2.45, 2.75) is 24.9 Å². The summed E-state index contributed by atoms with van der Waals surface area (Å²) in [5.74, 6) is 0.284. The average molecular weight is 771 g/mol. The molecule has 57 heavy (non-hydrogen) atoms. The Bertz CT molecular complexity index is 3190. The van der Waals surface area contributed by atoms with E-state index in [0.717, 1.165) is 6.42 Å². The number of benzene rings is 7.